The van der Waals surface area contributed by atoms with E-state index in [-0.39, 0.29) is 48.9 Å². The first-order valence-electron chi connectivity index (χ1n) is 16.9. The Labute approximate surface area is 316 Å². The van der Waals surface area contributed by atoms with E-state index in [1.807, 2.05) is 35.8 Å². The lowest BCUT2D eigenvalue weighted by molar-refractivity contribution is -0.122. The second-order valence-electron chi connectivity index (χ2n) is 13.3. The number of halogens is 1. The number of rotatable bonds is 10. The van der Waals surface area contributed by atoms with E-state index in [0.29, 0.717) is 28.8 Å². The van der Waals surface area contributed by atoms with Crippen LogP contribution in [-0.2, 0) is 14.3 Å². The third-order valence-corrected chi connectivity index (χ3v) is 9.56. The molecule has 3 amide bonds. The molecular formula is C38H40ClN7O6S. The number of hydrogen-bond donors (Lipinski definition) is 4. The van der Waals surface area contributed by atoms with Gasteiger partial charge in [0.25, 0.3) is 0 Å². The number of amides is 3. The highest BCUT2D eigenvalue weighted by atomic mass is 35.5. The fourth-order valence-corrected chi connectivity index (χ4v) is 6.90. The minimum absolute atomic E-state index is 0.0153. The third kappa shape index (κ3) is 9.68. The van der Waals surface area contributed by atoms with Gasteiger partial charge < -0.3 is 25.8 Å². The van der Waals surface area contributed by atoms with Crippen molar-refractivity contribution in [2.45, 2.75) is 72.4 Å². The van der Waals surface area contributed by atoms with Gasteiger partial charge in [0.2, 0.25) is 11.8 Å². The SMILES string of the molecule is Cc1sc2c(c1C)C(c1ccc(Cl)cc1)=N[C@@H](CC(=O)NCCCC(=O)Nc1ccc(C(=O)O)c(C#CCNC(=O)OC(C)(C)C)c1)c1nnc(C)n1-2. The molecule has 0 unspecified atom stereocenters. The summed E-state index contributed by atoms with van der Waals surface area (Å²) in [5, 5.41) is 28.1. The molecule has 4 aromatic rings. The van der Waals surface area contributed by atoms with E-state index >= 15 is 0 Å². The maximum Gasteiger partial charge on any atom is 0.408 e. The molecule has 0 aliphatic carbocycles. The Morgan fingerprint density at radius 3 is 2.45 bits per heavy atom. The van der Waals surface area contributed by atoms with Crippen LogP contribution in [0.3, 0.4) is 0 Å². The van der Waals surface area contributed by atoms with Crippen molar-refractivity contribution < 1.29 is 29.0 Å². The number of fused-ring (bicyclic) bond motifs is 3. The number of hydrogen-bond acceptors (Lipinski definition) is 9. The Bertz CT molecular complexity index is 2160. The summed E-state index contributed by atoms with van der Waals surface area (Å²) in [7, 11) is 0. The van der Waals surface area contributed by atoms with Crippen LogP contribution in [0.5, 0.6) is 0 Å². The molecule has 0 spiro atoms. The normalized spacial score (nSPS) is 13.3. The van der Waals surface area contributed by atoms with Crippen molar-refractivity contribution in [3.63, 3.8) is 0 Å². The number of alkyl carbamates (subject to hydrolysis) is 1. The highest BCUT2D eigenvalue weighted by Gasteiger charge is 2.32. The number of carboxylic acid groups (broad SMARTS) is 1. The zero-order chi connectivity index (χ0) is 38.4. The summed E-state index contributed by atoms with van der Waals surface area (Å²) in [6, 6.07) is 11.1. The lowest BCUT2D eigenvalue weighted by Gasteiger charge is -2.19. The summed E-state index contributed by atoms with van der Waals surface area (Å²) in [5.74, 6) is 4.94. The first-order chi connectivity index (χ1) is 25.1. The number of thiophene rings is 1. The average Bonchev–Trinajstić information content (AvgIpc) is 3.56. The topological polar surface area (TPSA) is 177 Å². The number of carbonyl (C=O) groups is 4. The van der Waals surface area contributed by atoms with Gasteiger partial charge in [-0.1, -0.05) is 35.6 Å². The molecule has 5 rings (SSSR count). The summed E-state index contributed by atoms with van der Waals surface area (Å²) in [6.45, 7) is 11.4. The first kappa shape index (κ1) is 38.7. The molecule has 53 heavy (non-hydrogen) atoms. The van der Waals surface area contributed by atoms with Crippen molar-refractivity contribution in [3.05, 3.63) is 91.8 Å². The number of ether oxygens (including phenoxy) is 1. The number of aromatic nitrogens is 3. The second kappa shape index (κ2) is 16.4. The summed E-state index contributed by atoms with van der Waals surface area (Å²) in [4.78, 5) is 55.9. The van der Waals surface area contributed by atoms with Gasteiger partial charge in [-0.05, 0) is 83.9 Å². The standard InChI is InChI=1S/C38H40ClN7O6S/c1-21-22(2)53-35-32(21)33(24-11-13-26(39)14-12-24)43-29(34-45-44-23(3)46(34)35)20-31(48)40-17-8-10-30(47)42-27-15-16-28(36(49)50)25(19-27)9-7-18-41-37(51)52-38(4,5)6/h11-16,19,29H,8,10,17-18,20H2,1-6H3,(H,40,48)(H,41,51)(H,42,47)(H,49,50)/t29-/m0/s1. The Hall–Kier alpha value is -5.52. The van der Waals surface area contributed by atoms with Gasteiger partial charge in [0, 0.05) is 45.2 Å². The predicted molar refractivity (Wildman–Crippen MR) is 203 cm³/mol. The summed E-state index contributed by atoms with van der Waals surface area (Å²) in [6.07, 6.45) is -0.189. The number of anilines is 1. The molecule has 276 valence electrons. The van der Waals surface area contributed by atoms with E-state index in [0.717, 1.165) is 32.3 Å². The summed E-state index contributed by atoms with van der Waals surface area (Å²) < 4.78 is 7.14. The number of aryl methyl sites for hydroxylation is 2. The van der Waals surface area contributed by atoms with E-state index in [1.165, 1.54) is 18.2 Å². The van der Waals surface area contributed by atoms with Gasteiger partial charge in [-0.2, -0.15) is 0 Å². The summed E-state index contributed by atoms with van der Waals surface area (Å²) in [5.41, 5.74) is 3.49. The Kier molecular flexibility index (Phi) is 12.0. The quantitative estimate of drug-likeness (QED) is 0.108. The number of carboxylic acids is 1. The van der Waals surface area contributed by atoms with Crippen LogP contribution in [0.4, 0.5) is 10.5 Å². The molecule has 13 nitrogen and oxygen atoms in total. The Balaban J connectivity index is 1.20. The zero-order valence-electron chi connectivity index (χ0n) is 30.2. The van der Waals surface area contributed by atoms with Crippen molar-refractivity contribution in [1.29, 1.82) is 0 Å². The van der Waals surface area contributed by atoms with Crippen molar-refractivity contribution >= 4 is 58.2 Å². The van der Waals surface area contributed by atoms with E-state index in [9.17, 15) is 24.3 Å². The monoisotopic (exact) mass is 757 g/mol. The number of nitrogens with one attached hydrogen (secondary N) is 3. The van der Waals surface area contributed by atoms with E-state index in [2.05, 4.69) is 51.8 Å². The smallest absolute Gasteiger partial charge is 0.408 e. The van der Waals surface area contributed by atoms with Gasteiger partial charge in [0.1, 0.15) is 22.5 Å². The molecule has 3 heterocycles. The first-order valence-corrected chi connectivity index (χ1v) is 18.1. The van der Waals surface area contributed by atoms with E-state index in [1.54, 1.807) is 32.1 Å². The molecule has 2 aromatic heterocycles. The number of nitrogens with zero attached hydrogens (tertiary/aromatic N) is 4. The largest absolute Gasteiger partial charge is 0.478 e. The van der Waals surface area contributed by atoms with E-state index < -0.39 is 23.7 Å². The number of benzene rings is 2. The van der Waals surface area contributed by atoms with Gasteiger partial charge in [0.15, 0.2) is 5.82 Å². The molecular weight excluding hydrogens is 718 g/mol. The minimum atomic E-state index is -1.18. The van der Waals surface area contributed by atoms with Crippen LogP contribution in [-0.4, -0.2) is 68.2 Å². The fourth-order valence-electron chi connectivity index (χ4n) is 5.56. The Morgan fingerprint density at radius 2 is 1.75 bits per heavy atom. The molecule has 0 fully saturated rings. The second-order valence-corrected chi connectivity index (χ2v) is 15.0. The molecule has 1 atom stereocenters. The van der Waals surface area contributed by atoms with Crippen molar-refractivity contribution in [2.24, 2.45) is 4.99 Å². The molecule has 0 saturated carbocycles. The van der Waals surface area contributed by atoms with Crippen LogP contribution in [0.2, 0.25) is 5.02 Å². The van der Waals surface area contributed by atoms with Gasteiger partial charge in [0.05, 0.1) is 24.2 Å². The fraction of sp³-hybridized carbons (Fsp3) is 0.342. The molecule has 0 saturated heterocycles. The molecule has 15 heteroatoms. The van der Waals surface area contributed by atoms with E-state index in [4.69, 9.17) is 21.3 Å². The zero-order valence-corrected chi connectivity index (χ0v) is 31.8. The maximum absolute atomic E-state index is 13.3. The van der Waals surface area contributed by atoms with Gasteiger partial charge in [-0.25, -0.2) is 9.59 Å². The van der Waals surface area contributed by atoms with Crippen LogP contribution in [0.15, 0.2) is 47.5 Å². The van der Waals surface area contributed by atoms with Gasteiger partial charge >= 0.3 is 12.1 Å². The van der Waals surface area contributed by atoms with Crippen LogP contribution in [0, 0.1) is 32.6 Å². The third-order valence-electron chi connectivity index (χ3n) is 8.12. The van der Waals surface area contributed by atoms with Crippen LogP contribution in [0.1, 0.15) is 95.2 Å². The number of carbonyl (C=O) groups excluding carboxylic acids is 3. The summed E-state index contributed by atoms with van der Waals surface area (Å²) >= 11 is 7.83. The maximum atomic E-state index is 13.3. The van der Waals surface area contributed by atoms with Crippen molar-refractivity contribution in [2.75, 3.05) is 18.4 Å². The van der Waals surface area contributed by atoms with Crippen molar-refractivity contribution in [3.8, 4) is 16.8 Å². The lowest BCUT2D eigenvalue weighted by atomic mass is 9.99. The van der Waals surface area contributed by atoms with Crippen LogP contribution in [0.25, 0.3) is 5.00 Å². The van der Waals surface area contributed by atoms with Crippen LogP contribution >= 0.6 is 22.9 Å². The molecule has 2 aromatic carbocycles. The lowest BCUT2D eigenvalue weighted by Crippen LogP contribution is -2.32. The number of aliphatic imine (C=N–C) groups is 1. The molecule has 1 aliphatic heterocycles. The van der Waals surface area contributed by atoms with Gasteiger partial charge in [-0.3, -0.25) is 19.1 Å². The predicted octanol–water partition coefficient (Wildman–Crippen LogP) is 6.30. The molecule has 1 aliphatic rings. The highest BCUT2D eigenvalue weighted by Crippen LogP contribution is 2.39. The Morgan fingerprint density at radius 1 is 1.02 bits per heavy atom. The highest BCUT2D eigenvalue weighted by molar-refractivity contribution is 7.15. The van der Waals surface area contributed by atoms with Crippen molar-refractivity contribution in [1.82, 2.24) is 25.4 Å². The van der Waals surface area contributed by atoms with Crippen LogP contribution < -0.4 is 16.0 Å². The van der Waals surface area contributed by atoms with Gasteiger partial charge in [-0.15, -0.1) is 21.5 Å². The number of aromatic carboxylic acids is 1. The minimum Gasteiger partial charge on any atom is -0.478 e. The molecule has 4 N–H and O–H groups in total. The molecule has 0 bridgehead atoms. The molecule has 0 radical (unpaired) electrons. The average molecular weight is 758 g/mol.